The highest BCUT2D eigenvalue weighted by Gasteiger charge is 2.42. The number of aliphatic hydroxyl groups is 1. The van der Waals surface area contributed by atoms with Crippen LogP contribution in [0.25, 0.3) is 0 Å². The number of rotatable bonds is 5. The fourth-order valence-electron chi connectivity index (χ4n) is 3.32. The number of aliphatic hydroxyl groups excluding tert-OH is 1. The van der Waals surface area contributed by atoms with Gasteiger partial charge in [0.25, 0.3) is 5.91 Å². The van der Waals surface area contributed by atoms with Gasteiger partial charge < -0.3 is 20.6 Å². The van der Waals surface area contributed by atoms with Crippen molar-refractivity contribution < 1.29 is 14.7 Å². The molecule has 3 rings (SSSR count). The van der Waals surface area contributed by atoms with Gasteiger partial charge in [0.15, 0.2) is 5.60 Å². The van der Waals surface area contributed by atoms with E-state index >= 15 is 0 Å². The van der Waals surface area contributed by atoms with Crippen LogP contribution in [-0.2, 0) is 9.63 Å². The Balaban J connectivity index is 1.50. The molecular weight excluding hydrogens is 306 g/mol. The molecule has 1 aromatic rings. The predicted octanol–water partition coefficient (Wildman–Crippen LogP) is 1.51. The number of carbonyl (C=O) groups excluding carboxylic acids is 1. The standard InChI is InChI=1S/C18H25N3O3/c1-13(10-16(22)14-6-3-2-4-7-14)20-17(23)15-11-18(24-21-15)8-5-9-19-12-18/h2-4,6-7,13,16,19,22H,5,8-12H2,1H3,(H,20,23). The lowest BCUT2D eigenvalue weighted by molar-refractivity contribution is -0.115. The Morgan fingerprint density at radius 2 is 2.25 bits per heavy atom. The van der Waals surface area contributed by atoms with Crippen LogP contribution in [0.1, 0.15) is 44.3 Å². The maximum atomic E-state index is 12.4. The molecule has 0 saturated carbocycles. The van der Waals surface area contributed by atoms with E-state index in [1.54, 1.807) is 0 Å². The number of amides is 1. The van der Waals surface area contributed by atoms with Crippen LogP contribution >= 0.6 is 0 Å². The minimum absolute atomic E-state index is 0.156. The van der Waals surface area contributed by atoms with E-state index in [0.29, 0.717) is 18.6 Å². The zero-order valence-corrected chi connectivity index (χ0v) is 14.0. The average molecular weight is 331 g/mol. The molecule has 3 atom stereocenters. The van der Waals surface area contributed by atoms with E-state index in [4.69, 9.17) is 4.84 Å². The van der Waals surface area contributed by atoms with E-state index in [-0.39, 0.29) is 17.6 Å². The van der Waals surface area contributed by atoms with Gasteiger partial charge in [0.05, 0.1) is 6.10 Å². The quantitative estimate of drug-likeness (QED) is 0.764. The first-order valence-electron chi connectivity index (χ1n) is 8.58. The summed E-state index contributed by atoms with van der Waals surface area (Å²) >= 11 is 0. The second-order valence-electron chi connectivity index (χ2n) is 6.81. The third-order valence-corrected chi connectivity index (χ3v) is 4.67. The molecule has 0 aliphatic carbocycles. The number of benzene rings is 1. The van der Waals surface area contributed by atoms with E-state index in [1.165, 1.54) is 0 Å². The fourth-order valence-corrected chi connectivity index (χ4v) is 3.32. The van der Waals surface area contributed by atoms with Crippen LogP contribution in [-0.4, -0.2) is 41.5 Å². The van der Waals surface area contributed by atoms with Gasteiger partial charge in [-0.2, -0.15) is 0 Å². The Hall–Kier alpha value is -1.92. The van der Waals surface area contributed by atoms with E-state index in [2.05, 4.69) is 15.8 Å². The first-order chi connectivity index (χ1) is 11.6. The van der Waals surface area contributed by atoms with Crippen molar-refractivity contribution in [3.8, 4) is 0 Å². The Labute approximate surface area is 142 Å². The van der Waals surface area contributed by atoms with Gasteiger partial charge in [0.1, 0.15) is 5.71 Å². The number of nitrogens with one attached hydrogen (secondary N) is 2. The van der Waals surface area contributed by atoms with Crippen LogP contribution in [0.5, 0.6) is 0 Å². The molecule has 0 radical (unpaired) electrons. The van der Waals surface area contributed by atoms with Crippen LogP contribution in [0.3, 0.4) is 0 Å². The van der Waals surface area contributed by atoms with Gasteiger partial charge in [-0.3, -0.25) is 4.79 Å². The molecule has 2 aliphatic rings. The zero-order valence-electron chi connectivity index (χ0n) is 14.0. The van der Waals surface area contributed by atoms with Crippen molar-refractivity contribution in [1.29, 1.82) is 0 Å². The second-order valence-corrected chi connectivity index (χ2v) is 6.81. The normalized spacial score (nSPS) is 25.7. The molecule has 1 aromatic carbocycles. The van der Waals surface area contributed by atoms with Gasteiger partial charge in [-0.25, -0.2) is 0 Å². The van der Waals surface area contributed by atoms with Crippen LogP contribution < -0.4 is 10.6 Å². The first-order valence-corrected chi connectivity index (χ1v) is 8.58. The van der Waals surface area contributed by atoms with Gasteiger partial charge in [0.2, 0.25) is 0 Å². The number of nitrogens with zero attached hydrogens (tertiary/aromatic N) is 1. The highest BCUT2D eigenvalue weighted by atomic mass is 16.7. The molecule has 1 fully saturated rings. The topological polar surface area (TPSA) is 83.0 Å². The molecule has 1 spiro atoms. The number of piperidine rings is 1. The first kappa shape index (κ1) is 16.9. The lowest BCUT2D eigenvalue weighted by Gasteiger charge is -2.30. The van der Waals surface area contributed by atoms with E-state index in [1.807, 2.05) is 37.3 Å². The summed E-state index contributed by atoms with van der Waals surface area (Å²) in [4.78, 5) is 17.9. The van der Waals surface area contributed by atoms with Crippen molar-refractivity contribution in [2.24, 2.45) is 5.16 Å². The summed E-state index contributed by atoms with van der Waals surface area (Å²) in [6.07, 6.45) is 2.35. The minimum atomic E-state index is -0.600. The monoisotopic (exact) mass is 331 g/mol. The Morgan fingerprint density at radius 1 is 1.46 bits per heavy atom. The van der Waals surface area contributed by atoms with Crippen molar-refractivity contribution in [3.63, 3.8) is 0 Å². The molecule has 1 saturated heterocycles. The van der Waals surface area contributed by atoms with Crippen molar-refractivity contribution in [1.82, 2.24) is 10.6 Å². The lowest BCUT2D eigenvalue weighted by Crippen LogP contribution is -2.47. The molecule has 2 aliphatic heterocycles. The largest absolute Gasteiger partial charge is 0.388 e. The summed E-state index contributed by atoms with van der Waals surface area (Å²) in [5.74, 6) is -0.204. The summed E-state index contributed by atoms with van der Waals surface area (Å²) in [5.41, 5.74) is 0.949. The maximum Gasteiger partial charge on any atom is 0.269 e. The van der Waals surface area contributed by atoms with Gasteiger partial charge >= 0.3 is 0 Å². The highest BCUT2D eigenvalue weighted by molar-refractivity contribution is 6.39. The Morgan fingerprint density at radius 3 is 2.96 bits per heavy atom. The average Bonchev–Trinajstić information content (AvgIpc) is 3.00. The molecule has 3 unspecified atom stereocenters. The molecule has 2 heterocycles. The SMILES string of the molecule is CC(CC(O)c1ccccc1)NC(=O)C1=NOC2(CCCNC2)C1. The van der Waals surface area contributed by atoms with Gasteiger partial charge in [-0.1, -0.05) is 35.5 Å². The number of carbonyl (C=O) groups is 1. The van der Waals surface area contributed by atoms with Crippen molar-refractivity contribution in [2.45, 2.75) is 50.4 Å². The molecule has 6 heteroatoms. The third-order valence-electron chi connectivity index (χ3n) is 4.67. The van der Waals surface area contributed by atoms with Gasteiger partial charge in [-0.15, -0.1) is 0 Å². The molecule has 24 heavy (non-hydrogen) atoms. The second kappa shape index (κ2) is 7.32. The Bertz CT molecular complexity index is 597. The highest BCUT2D eigenvalue weighted by Crippen LogP contribution is 2.30. The zero-order chi connectivity index (χ0) is 17.0. The molecule has 0 bridgehead atoms. The predicted molar refractivity (Wildman–Crippen MR) is 91.6 cm³/mol. The smallest absolute Gasteiger partial charge is 0.269 e. The number of oxime groups is 1. The number of hydrogen-bond acceptors (Lipinski definition) is 5. The maximum absolute atomic E-state index is 12.4. The fraction of sp³-hybridized carbons (Fsp3) is 0.556. The van der Waals surface area contributed by atoms with Crippen LogP contribution in [0, 0.1) is 0 Å². The Kier molecular flexibility index (Phi) is 5.16. The molecule has 1 amide bonds. The lowest BCUT2D eigenvalue weighted by atomic mass is 9.89. The van der Waals surface area contributed by atoms with Crippen LogP contribution in [0.15, 0.2) is 35.5 Å². The summed E-state index contributed by atoms with van der Waals surface area (Å²) in [6, 6.07) is 9.31. The van der Waals surface area contributed by atoms with Gasteiger partial charge in [0, 0.05) is 19.0 Å². The van der Waals surface area contributed by atoms with Crippen LogP contribution in [0.4, 0.5) is 0 Å². The molecule has 0 aromatic heterocycles. The summed E-state index contributed by atoms with van der Waals surface area (Å²) in [6.45, 7) is 3.61. The van der Waals surface area contributed by atoms with Crippen molar-refractivity contribution in [3.05, 3.63) is 35.9 Å². The summed E-state index contributed by atoms with van der Waals surface area (Å²) < 4.78 is 0. The van der Waals surface area contributed by atoms with Gasteiger partial charge in [-0.05, 0) is 38.3 Å². The van der Waals surface area contributed by atoms with Crippen molar-refractivity contribution >= 4 is 11.6 Å². The van der Waals surface area contributed by atoms with E-state index < -0.39 is 6.10 Å². The molecule has 3 N–H and O–H groups in total. The molecular formula is C18H25N3O3. The van der Waals surface area contributed by atoms with Crippen molar-refractivity contribution in [2.75, 3.05) is 13.1 Å². The third kappa shape index (κ3) is 3.94. The molecule has 6 nitrogen and oxygen atoms in total. The molecule has 130 valence electrons. The van der Waals surface area contributed by atoms with E-state index in [0.717, 1.165) is 31.5 Å². The van der Waals surface area contributed by atoms with Crippen LogP contribution in [0.2, 0.25) is 0 Å². The summed E-state index contributed by atoms with van der Waals surface area (Å²) in [5, 5.41) is 20.5. The summed E-state index contributed by atoms with van der Waals surface area (Å²) in [7, 11) is 0. The minimum Gasteiger partial charge on any atom is -0.388 e. The van der Waals surface area contributed by atoms with E-state index in [9.17, 15) is 9.90 Å². The number of hydrogen-bond donors (Lipinski definition) is 3.